The molecule has 2 aromatic rings. The normalized spacial score (nSPS) is 9.90. The molecular weight excluding hydrogens is 278 g/mol. The number of hydrogen-bond donors (Lipinski definition) is 1. The van der Waals surface area contributed by atoms with Crippen LogP contribution in [0, 0.1) is 20.2 Å². The molecule has 0 spiro atoms. The standard InChI is InChI=1S/C13H9N3O5/c17-13(9-4-2-1-3-5-9)14-10-6-7-11(15(18)19)12(8-10)16(20)21/h1-8H,(H,14,17). The van der Waals surface area contributed by atoms with Gasteiger partial charge in [-0.3, -0.25) is 25.0 Å². The average molecular weight is 287 g/mol. The molecule has 106 valence electrons. The molecule has 0 bridgehead atoms. The lowest BCUT2D eigenvalue weighted by Gasteiger charge is -2.05. The molecule has 0 heterocycles. The van der Waals surface area contributed by atoms with Crippen LogP contribution in [0.2, 0.25) is 0 Å². The van der Waals surface area contributed by atoms with Gasteiger partial charge in [0.1, 0.15) is 0 Å². The summed E-state index contributed by atoms with van der Waals surface area (Å²) in [6.07, 6.45) is 0. The summed E-state index contributed by atoms with van der Waals surface area (Å²) in [6, 6.07) is 11.4. The van der Waals surface area contributed by atoms with E-state index in [1.807, 2.05) is 0 Å². The van der Waals surface area contributed by atoms with E-state index in [-0.39, 0.29) is 5.69 Å². The van der Waals surface area contributed by atoms with Crippen LogP contribution in [-0.2, 0) is 0 Å². The Balaban J connectivity index is 2.30. The van der Waals surface area contributed by atoms with Crippen molar-refractivity contribution in [2.75, 3.05) is 5.32 Å². The quantitative estimate of drug-likeness (QED) is 0.685. The van der Waals surface area contributed by atoms with Gasteiger partial charge in [-0.05, 0) is 18.2 Å². The maximum absolute atomic E-state index is 11.9. The molecule has 0 aromatic heterocycles. The van der Waals surface area contributed by atoms with E-state index in [4.69, 9.17) is 0 Å². The predicted octanol–water partition coefficient (Wildman–Crippen LogP) is 2.76. The molecule has 0 saturated heterocycles. The van der Waals surface area contributed by atoms with Gasteiger partial charge in [0, 0.05) is 23.4 Å². The van der Waals surface area contributed by atoms with Gasteiger partial charge in [-0.25, -0.2) is 0 Å². The molecule has 8 nitrogen and oxygen atoms in total. The number of carbonyl (C=O) groups is 1. The maximum Gasteiger partial charge on any atom is 0.348 e. The summed E-state index contributed by atoms with van der Waals surface area (Å²) >= 11 is 0. The summed E-state index contributed by atoms with van der Waals surface area (Å²) in [4.78, 5) is 31.7. The lowest BCUT2D eigenvalue weighted by molar-refractivity contribution is -0.422. The van der Waals surface area contributed by atoms with Gasteiger partial charge in [-0.1, -0.05) is 18.2 Å². The summed E-state index contributed by atoms with van der Waals surface area (Å²) in [7, 11) is 0. The number of carbonyl (C=O) groups excluding carboxylic acids is 1. The number of benzene rings is 2. The summed E-state index contributed by atoms with van der Waals surface area (Å²) < 4.78 is 0. The van der Waals surface area contributed by atoms with Crippen molar-refractivity contribution in [1.82, 2.24) is 0 Å². The van der Waals surface area contributed by atoms with Crippen molar-refractivity contribution < 1.29 is 14.6 Å². The molecule has 0 fully saturated rings. The Morgan fingerprint density at radius 3 is 2.10 bits per heavy atom. The first-order valence-electron chi connectivity index (χ1n) is 5.78. The van der Waals surface area contributed by atoms with Gasteiger partial charge in [-0.2, -0.15) is 0 Å². The number of anilines is 1. The highest BCUT2D eigenvalue weighted by molar-refractivity contribution is 6.04. The van der Waals surface area contributed by atoms with E-state index in [2.05, 4.69) is 5.32 Å². The fraction of sp³-hybridized carbons (Fsp3) is 0. The number of nitrogens with one attached hydrogen (secondary N) is 1. The third-order valence-electron chi connectivity index (χ3n) is 2.66. The van der Waals surface area contributed by atoms with Crippen molar-refractivity contribution in [3.8, 4) is 0 Å². The summed E-state index contributed by atoms with van der Waals surface area (Å²) in [5.41, 5.74) is -0.816. The zero-order valence-electron chi connectivity index (χ0n) is 10.6. The molecule has 1 N–H and O–H groups in total. The molecule has 0 aliphatic rings. The molecule has 0 unspecified atom stereocenters. The minimum absolute atomic E-state index is 0.112. The second-order valence-electron chi connectivity index (χ2n) is 4.04. The average Bonchev–Trinajstić information content (AvgIpc) is 2.47. The first-order valence-corrected chi connectivity index (χ1v) is 5.78. The van der Waals surface area contributed by atoms with Crippen LogP contribution in [-0.4, -0.2) is 15.8 Å². The number of amides is 1. The predicted molar refractivity (Wildman–Crippen MR) is 74.1 cm³/mol. The topological polar surface area (TPSA) is 115 Å². The number of hydrogen-bond acceptors (Lipinski definition) is 5. The van der Waals surface area contributed by atoms with E-state index in [0.29, 0.717) is 5.56 Å². The SMILES string of the molecule is O=C(Nc1ccc([N+](=O)[O-])c([N+](=O)[O-])c1)c1ccccc1. The van der Waals surface area contributed by atoms with Crippen molar-refractivity contribution in [3.05, 3.63) is 74.3 Å². The molecule has 0 radical (unpaired) electrons. The Labute approximate surface area is 118 Å². The van der Waals surface area contributed by atoms with E-state index in [1.54, 1.807) is 30.3 Å². The summed E-state index contributed by atoms with van der Waals surface area (Å²) in [5.74, 6) is -0.459. The van der Waals surface area contributed by atoms with E-state index in [1.165, 1.54) is 6.07 Å². The molecule has 2 rings (SSSR count). The Morgan fingerprint density at radius 2 is 1.52 bits per heavy atom. The van der Waals surface area contributed by atoms with Crippen LogP contribution in [0.5, 0.6) is 0 Å². The third kappa shape index (κ3) is 3.18. The minimum atomic E-state index is -0.865. The molecule has 0 atom stereocenters. The minimum Gasteiger partial charge on any atom is -0.322 e. The van der Waals surface area contributed by atoms with Crippen molar-refractivity contribution in [1.29, 1.82) is 0 Å². The van der Waals surface area contributed by atoms with Crippen molar-refractivity contribution in [2.24, 2.45) is 0 Å². The Hall–Kier alpha value is -3.29. The fourth-order valence-corrected chi connectivity index (χ4v) is 1.69. The number of rotatable bonds is 4. The zero-order valence-corrected chi connectivity index (χ0v) is 10.6. The Bertz CT molecular complexity index is 715. The van der Waals surface area contributed by atoms with E-state index in [0.717, 1.165) is 12.1 Å². The van der Waals surface area contributed by atoms with Crippen molar-refractivity contribution in [2.45, 2.75) is 0 Å². The second kappa shape index (κ2) is 5.78. The first kappa shape index (κ1) is 14.1. The van der Waals surface area contributed by atoms with Crippen LogP contribution in [0.25, 0.3) is 0 Å². The molecule has 0 aliphatic carbocycles. The molecule has 1 amide bonds. The van der Waals surface area contributed by atoms with Crippen LogP contribution in [0.4, 0.5) is 17.1 Å². The van der Waals surface area contributed by atoms with E-state index < -0.39 is 27.1 Å². The highest BCUT2D eigenvalue weighted by atomic mass is 16.6. The highest BCUT2D eigenvalue weighted by Crippen LogP contribution is 2.29. The van der Waals surface area contributed by atoms with Crippen LogP contribution in [0.1, 0.15) is 10.4 Å². The van der Waals surface area contributed by atoms with Gasteiger partial charge in [-0.15, -0.1) is 0 Å². The van der Waals surface area contributed by atoms with E-state index in [9.17, 15) is 25.0 Å². The van der Waals surface area contributed by atoms with Gasteiger partial charge in [0.2, 0.25) is 0 Å². The van der Waals surface area contributed by atoms with Crippen LogP contribution >= 0.6 is 0 Å². The van der Waals surface area contributed by atoms with Gasteiger partial charge < -0.3 is 5.32 Å². The number of nitro groups is 2. The number of nitrogens with zero attached hydrogens (tertiary/aromatic N) is 2. The van der Waals surface area contributed by atoms with Gasteiger partial charge in [0.25, 0.3) is 5.91 Å². The smallest absolute Gasteiger partial charge is 0.322 e. The monoisotopic (exact) mass is 287 g/mol. The third-order valence-corrected chi connectivity index (χ3v) is 2.66. The van der Waals surface area contributed by atoms with Crippen LogP contribution < -0.4 is 5.32 Å². The highest BCUT2D eigenvalue weighted by Gasteiger charge is 2.24. The summed E-state index contributed by atoms with van der Waals surface area (Å²) in [5, 5.41) is 24.0. The van der Waals surface area contributed by atoms with Crippen molar-refractivity contribution in [3.63, 3.8) is 0 Å². The van der Waals surface area contributed by atoms with Gasteiger partial charge >= 0.3 is 11.4 Å². The molecule has 2 aromatic carbocycles. The lowest BCUT2D eigenvalue weighted by Crippen LogP contribution is -2.12. The van der Waals surface area contributed by atoms with E-state index >= 15 is 0 Å². The van der Waals surface area contributed by atoms with Gasteiger partial charge in [0.15, 0.2) is 0 Å². The maximum atomic E-state index is 11.9. The van der Waals surface area contributed by atoms with Crippen molar-refractivity contribution >= 4 is 23.0 Å². The van der Waals surface area contributed by atoms with Gasteiger partial charge in [0.05, 0.1) is 9.85 Å². The van der Waals surface area contributed by atoms with Crippen LogP contribution in [0.15, 0.2) is 48.5 Å². The molecule has 0 aliphatic heterocycles. The zero-order chi connectivity index (χ0) is 15.4. The Kier molecular flexibility index (Phi) is 3.89. The molecular formula is C13H9N3O5. The Morgan fingerprint density at radius 1 is 0.905 bits per heavy atom. The fourth-order valence-electron chi connectivity index (χ4n) is 1.69. The molecule has 8 heteroatoms. The molecule has 21 heavy (non-hydrogen) atoms. The summed E-state index contributed by atoms with van der Waals surface area (Å²) in [6.45, 7) is 0. The van der Waals surface area contributed by atoms with Crippen LogP contribution in [0.3, 0.4) is 0 Å². The largest absolute Gasteiger partial charge is 0.348 e. The first-order chi connectivity index (χ1) is 9.99. The second-order valence-corrected chi connectivity index (χ2v) is 4.04. The lowest BCUT2D eigenvalue weighted by atomic mass is 10.2. The number of nitro benzene ring substituents is 2. The molecule has 0 saturated carbocycles.